The first kappa shape index (κ1) is 23.9. The number of benzene rings is 2. The second kappa shape index (κ2) is 10.7. The van der Waals surface area contributed by atoms with Gasteiger partial charge in [0, 0.05) is 13.1 Å². The van der Waals surface area contributed by atoms with E-state index < -0.39 is 10.0 Å². The molecule has 0 spiro atoms. The number of carbonyl (C=O) groups is 1. The normalized spacial score (nSPS) is 17.3. The Hall–Kier alpha value is -1.80. The highest BCUT2D eigenvalue weighted by molar-refractivity contribution is 7.88. The topological polar surface area (TPSA) is 75.7 Å². The van der Waals surface area contributed by atoms with Crippen LogP contribution in [0.25, 0.3) is 0 Å². The number of amides is 1. The molecular weight excluding hydrogens is 459 g/mol. The molecule has 1 fully saturated rings. The minimum atomic E-state index is -3.57. The van der Waals surface area contributed by atoms with E-state index in [1.165, 1.54) is 4.31 Å². The fourth-order valence-electron chi connectivity index (χ4n) is 3.53. The van der Waals surface area contributed by atoms with Crippen LogP contribution in [0.1, 0.15) is 24.0 Å². The Morgan fingerprint density at radius 1 is 1.19 bits per heavy atom. The predicted octanol–water partition coefficient (Wildman–Crippen LogP) is 4.04. The second-order valence-electron chi connectivity index (χ2n) is 7.66. The number of nitrogens with zero attached hydrogens (tertiary/aromatic N) is 1. The lowest BCUT2D eigenvalue weighted by molar-refractivity contribution is -0.126. The first-order chi connectivity index (χ1) is 14.7. The molecule has 2 aromatic carbocycles. The molecule has 1 saturated heterocycles. The van der Waals surface area contributed by atoms with Gasteiger partial charge < -0.3 is 10.1 Å². The van der Waals surface area contributed by atoms with E-state index in [4.69, 9.17) is 27.9 Å². The van der Waals surface area contributed by atoms with Crippen LogP contribution < -0.4 is 10.1 Å². The number of sulfonamides is 1. The van der Waals surface area contributed by atoms with Crippen LogP contribution in [0.4, 0.5) is 0 Å². The molecule has 31 heavy (non-hydrogen) atoms. The highest BCUT2D eigenvalue weighted by Gasteiger charge is 2.32. The van der Waals surface area contributed by atoms with E-state index in [1.807, 2.05) is 31.2 Å². The van der Waals surface area contributed by atoms with Crippen molar-refractivity contribution in [3.8, 4) is 5.75 Å². The summed E-state index contributed by atoms with van der Waals surface area (Å²) in [7, 11) is -3.57. The number of nitrogens with one attached hydrogen (secondary N) is 1. The summed E-state index contributed by atoms with van der Waals surface area (Å²) >= 11 is 11.9. The standard InChI is InChI=1S/C22H26Cl2N2O4S/c1-16-4-2-6-19(12-16)30-11-9-25-22(27)18-5-3-10-26(14-18)31(28,29)15-17-7-8-20(23)21(24)13-17/h2,4,6-8,12-13,18H,3,5,9-11,14-15H2,1H3,(H,25,27). The van der Waals surface area contributed by atoms with Crippen molar-refractivity contribution in [1.82, 2.24) is 9.62 Å². The van der Waals surface area contributed by atoms with Gasteiger partial charge in [0.25, 0.3) is 0 Å². The van der Waals surface area contributed by atoms with Crippen LogP contribution in [0.3, 0.4) is 0 Å². The molecule has 0 radical (unpaired) electrons. The van der Waals surface area contributed by atoms with Crippen molar-refractivity contribution in [1.29, 1.82) is 0 Å². The van der Waals surface area contributed by atoms with Gasteiger partial charge in [0.05, 0.1) is 28.3 Å². The molecule has 168 valence electrons. The molecule has 9 heteroatoms. The number of hydrogen-bond acceptors (Lipinski definition) is 4. The summed E-state index contributed by atoms with van der Waals surface area (Å²) in [4.78, 5) is 12.6. The molecule has 0 aliphatic carbocycles. The average molecular weight is 485 g/mol. The molecule has 0 aromatic heterocycles. The Labute approximate surface area is 193 Å². The third kappa shape index (κ3) is 6.84. The maximum atomic E-state index is 12.9. The van der Waals surface area contributed by atoms with E-state index in [1.54, 1.807) is 18.2 Å². The molecule has 1 aliphatic heterocycles. The summed E-state index contributed by atoms with van der Waals surface area (Å²) in [6.07, 6.45) is 1.29. The zero-order valence-corrected chi connectivity index (χ0v) is 19.6. The van der Waals surface area contributed by atoms with Crippen LogP contribution in [0.15, 0.2) is 42.5 Å². The first-order valence-corrected chi connectivity index (χ1v) is 12.5. The van der Waals surface area contributed by atoms with Gasteiger partial charge >= 0.3 is 0 Å². The van der Waals surface area contributed by atoms with E-state index in [0.717, 1.165) is 11.3 Å². The van der Waals surface area contributed by atoms with Gasteiger partial charge in [-0.2, -0.15) is 0 Å². The molecule has 1 atom stereocenters. The third-order valence-electron chi connectivity index (χ3n) is 5.14. The summed E-state index contributed by atoms with van der Waals surface area (Å²) in [6, 6.07) is 12.5. The number of carbonyl (C=O) groups excluding carboxylic acids is 1. The fourth-order valence-corrected chi connectivity index (χ4v) is 5.45. The van der Waals surface area contributed by atoms with E-state index in [2.05, 4.69) is 5.32 Å². The molecule has 1 N–H and O–H groups in total. The lowest BCUT2D eigenvalue weighted by Crippen LogP contribution is -2.46. The SMILES string of the molecule is Cc1cccc(OCCNC(=O)C2CCCN(S(=O)(=O)Cc3ccc(Cl)c(Cl)c3)C2)c1. The lowest BCUT2D eigenvalue weighted by Gasteiger charge is -2.31. The van der Waals surface area contributed by atoms with Crippen molar-refractivity contribution in [2.75, 3.05) is 26.2 Å². The van der Waals surface area contributed by atoms with E-state index >= 15 is 0 Å². The van der Waals surface area contributed by atoms with E-state index in [9.17, 15) is 13.2 Å². The smallest absolute Gasteiger partial charge is 0.224 e. The molecule has 3 rings (SSSR count). The number of rotatable bonds is 8. The Balaban J connectivity index is 1.50. The van der Waals surface area contributed by atoms with Crippen LogP contribution in [0, 0.1) is 12.8 Å². The second-order valence-corrected chi connectivity index (χ2v) is 10.4. The maximum Gasteiger partial charge on any atom is 0.224 e. The summed E-state index contributed by atoms with van der Waals surface area (Å²) < 4.78 is 32.8. The summed E-state index contributed by atoms with van der Waals surface area (Å²) in [5.74, 6) is 0.0489. The molecule has 0 bridgehead atoms. The van der Waals surface area contributed by atoms with Crippen LogP contribution in [0.5, 0.6) is 5.75 Å². The fraction of sp³-hybridized carbons (Fsp3) is 0.409. The van der Waals surface area contributed by atoms with Crippen LogP contribution in [0.2, 0.25) is 10.0 Å². The number of aryl methyl sites for hydroxylation is 1. The largest absolute Gasteiger partial charge is 0.492 e. The van der Waals surface area contributed by atoms with Crippen LogP contribution in [-0.2, 0) is 20.6 Å². The molecular formula is C22H26Cl2N2O4S. The predicted molar refractivity (Wildman–Crippen MR) is 123 cm³/mol. The molecule has 1 amide bonds. The van der Waals surface area contributed by atoms with E-state index in [0.29, 0.717) is 48.1 Å². The Kier molecular flexibility index (Phi) is 8.22. The van der Waals surface area contributed by atoms with Gasteiger partial charge in [0.2, 0.25) is 15.9 Å². The van der Waals surface area contributed by atoms with Crippen molar-refractivity contribution in [2.24, 2.45) is 5.92 Å². The van der Waals surface area contributed by atoms with E-state index in [-0.39, 0.29) is 24.1 Å². The van der Waals surface area contributed by atoms with Crippen LogP contribution in [-0.4, -0.2) is 44.9 Å². The van der Waals surface area contributed by atoms with Crippen molar-refractivity contribution in [3.05, 3.63) is 63.6 Å². The Bertz CT molecular complexity index is 1030. The molecule has 1 heterocycles. The lowest BCUT2D eigenvalue weighted by atomic mass is 9.99. The Morgan fingerprint density at radius 2 is 2.00 bits per heavy atom. The molecule has 1 unspecified atom stereocenters. The zero-order chi connectivity index (χ0) is 22.4. The number of halogens is 2. The van der Waals surface area contributed by atoms with Crippen molar-refractivity contribution < 1.29 is 17.9 Å². The molecule has 2 aromatic rings. The molecule has 1 aliphatic rings. The maximum absolute atomic E-state index is 12.9. The van der Waals surface area contributed by atoms with Gasteiger partial charge in [-0.3, -0.25) is 4.79 Å². The Morgan fingerprint density at radius 3 is 2.74 bits per heavy atom. The average Bonchev–Trinajstić information content (AvgIpc) is 2.74. The highest BCUT2D eigenvalue weighted by atomic mass is 35.5. The molecule has 0 saturated carbocycles. The van der Waals surface area contributed by atoms with Gasteiger partial charge in [-0.1, -0.05) is 41.4 Å². The third-order valence-corrected chi connectivity index (χ3v) is 7.70. The summed E-state index contributed by atoms with van der Waals surface area (Å²) in [5.41, 5.74) is 1.67. The van der Waals surface area contributed by atoms with Gasteiger partial charge in [-0.05, 0) is 55.2 Å². The zero-order valence-electron chi connectivity index (χ0n) is 17.3. The number of hydrogen-bond donors (Lipinski definition) is 1. The van der Waals surface area contributed by atoms with Crippen LogP contribution >= 0.6 is 23.2 Å². The number of piperidine rings is 1. The first-order valence-electron chi connectivity index (χ1n) is 10.1. The monoisotopic (exact) mass is 484 g/mol. The van der Waals surface area contributed by atoms with Gasteiger partial charge in [-0.15, -0.1) is 0 Å². The molecule has 6 nitrogen and oxygen atoms in total. The van der Waals surface area contributed by atoms with Crippen molar-refractivity contribution in [2.45, 2.75) is 25.5 Å². The summed E-state index contributed by atoms with van der Waals surface area (Å²) in [5, 5.41) is 3.55. The van der Waals surface area contributed by atoms with Crippen molar-refractivity contribution in [3.63, 3.8) is 0 Å². The number of ether oxygens (including phenoxy) is 1. The van der Waals surface area contributed by atoms with Gasteiger partial charge in [0.15, 0.2) is 0 Å². The quantitative estimate of drug-likeness (QED) is 0.573. The van der Waals surface area contributed by atoms with Gasteiger partial charge in [0.1, 0.15) is 12.4 Å². The van der Waals surface area contributed by atoms with Gasteiger partial charge in [-0.25, -0.2) is 12.7 Å². The highest BCUT2D eigenvalue weighted by Crippen LogP contribution is 2.26. The minimum absolute atomic E-state index is 0.151. The van der Waals surface area contributed by atoms with Crippen molar-refractivity contribution >= 4 is 39.1 Å². The summed E-state index contributed by atoms with van der Waals surface area (Å²) in [6.45, 7) is 3.28. The minimum Gasteiger partial charge on any atom is -0.492 e.